The third-order valence-electron chi connectivity index (χ3n) is 3.58. The predicted octanol–water partition coefficient (Wildman–Crippen LogP) is 2.16. The normalized spacial score (nSPS) is 12.7. The average molecular weight is 279 g/mol. The third kappa shape index (κ3) is 1.96. The molecule has 0 saturated carbocycles. The van der Waals surface area contributed by atoms with Crippen LogP contribution in [0.25, 0.3) is 0 Å². The summed E-state index contributed by atoms with van der Waals surface area (Å²) in [6.07, 6.45) is 0. The number of carbonyl (C=O) groups is 3. The number of carbonyl (C=O) groups excluding carboxylic acids is 3. The highest BCUT2D eigenvalue weighted by atomic mass is 16.2. The van der Waals surface area contributed by atoms with Gasteiger partial charge in [-0.2, -0.15) is 0 Å². The lowest BCUT2D eigenvalue weighted by atomic mass is 9.83. The van der Waals surface area contributed by atoms with Crippen molar-refractivity contribution in [3.8, 4) is 0 Å². The monoisotopic (exact) mass is 279 g/mol. The van der Waals surface area contributed by atoms with Crippen molar-refractivity contribution < 1.29 is 14.4 Å². The van der Waals surface area contributed by atoms with Gasteiger partial charge >= 0.3 is 0 Å². The maximum Gasteiger partial charge on any atom is 0.253 e. The molecular formula is C17H13NO3. The Morgan fingerprint density at radius 1 is 0.810 bits per heavy atom. The van der Waals surface area contributed by atoms with Crippen LogP contribution < -0.4 is 0 Å². The van der Waals surface area contributed by atoms with E-state index in [0.29, 0.717) is 27.8 Å². The molecule has 0 saturated heterocycles. The zero-order valence-corrected chi connectivity index (χ0v) is 11.7. The standard InChI is InChI=1S/C17H13NO3/c1-18(2)17(21)10-7-8-13-14(9-10)16(20)12-6-4-3-5-11(12)15(13)19/h3-9H,1-2H3. The van der Waals surface area contributed by atoms with Crippen molar-refractivity contribution in [2.75, 3.05) is 14.1 Å². The van der Waals surface area contributed by atoms with Gasteiger partial charge in [0.25, 0.3) is 5.91 Å². The molecule has 0 bridgehead atoms. The number of hydrogen-bond acceptors (Lipinski definition) is 3. The zero-order valence-electron chi connectivity index (χ0n) is 11.7. The lowest BCUT2D eigenvalue weighted by molar-refractivity contribution is 0.0827. The number of nitrogens with zero attached hydrogens (tertiary/aromatic N) is 1. The molecule has 0 N–H and O–H groups in total. The summed E-state index contributed by atoms with van der Waals surface area (Å²) in [6, 6.07) is 11.4. The van der Waals surface area contributed by atoms with E-state index in [9.17, 15) is 14.4 Å². The Bertz CT molecular complexity index is 790. The fraction of sp³-hybridized carbons (Fsp3) is 0.118. The van der Waals surface area contributed by atoms with Crippen LogP contribution in [0.15, 0.2) is 42.5 Å². The molecule has 1 aliphatic rings. The summed E-state index contributed by atoms with van der Waals surface area (Å²) in [5.74, 6) is -0.588. The third-order valence-corrected chi connectivity index (χ3v) is 3.58. The van der Waals surface area contributed by atoms with Gasteiger partial charge in [0.15, 0.2) is 11.6 Å². The lowest BCUT2D eigenvalue weighted by Crippen LogP contribution is -2.24. The van der Waals surface area contributed by atoms with Gasteiger partial charge in [0, 0.05) is 41.9 Å². The van der Waals surface area contributed by atoms with Crippen LogP contribution >= 0.6 is 0 Å². The smallest absolute Gasteiger partial charge is 0.253 e. The van der Waals surface area contributed by atoms with Crippen molar-refractivity contribution in [1.82, 2.24) is 4.90 Å². The number of ketones is 2. The molecular weight excluding hydrogens is 266 g/mol. The van der Waals surface area contributed by atoms with E-state index in [1.54, 1.807) is 50.5 Å². The van der Waals surface area contributed by atoms with Crippen LogP contribution in [0, 0.1) is 0 Å². The molecule has 21 heavy (non-hydrogen) atoms. The van der Waals surface area contributed by atoms with Gasteiger partial charge in [0.1, 0.15) is 0 Å². The van der Waals surface area contributed by atoms with Crippen molar-refractivity contribution in [2.24, 2.45) is 0 Å². The van der Waals surface area contributed by atoms with Gasteiger partial charge in [-0.3, -0.25) is 14.4 Å². The number of fused-ring (bicyclic) bond motifs is 2. The number of benzene rings is 2. The topological polar surface area (TPSA) is 54.5 Å². The van der Waals surface area contributed by atoms with Crippen LogP contribution in [0.1, 0.15) is 42.2 Å². The van der Waals surface area contributed by atoms with Crippen molar-refractivity contribution >= 4 is 17.5 Å². The molecule has 4 nitrogen and oxygen atoms in total. The molecule has 0 aliphatic heterocycles. The number of hydrogen-bond donors (Lipinski definition) is 0. The molecule has 4 heteroatoms. The largest absolute Gasteiger partial charge is 0.345 e. The maximum atomic E-state index is 12.5. The molecule has 1 amide bonds. The van der Waals surface area contributed by atoms with Gasteiger partial charge in [-0.25, -0.2) is 0 Å². The van der Waals surface area contributed by atoms with Crippen molar-refractivity contribution in [1.29, 1.82) is 0 Å². The fourth-order valence-electron chi connectivity index (χ4n) is 2.49. The highest BCUT2D eigenvalue weighted by Crippen LogP contribution is 2.28. The minimum absolute atomic E-state index is 0.177. The summed E-state index contributed by atoms with van der Waals surface area (Å²) in [5, 5.41) is 0. The van der Waals surface area contributed by atoms with E-state index in [0.717, 1.165) is 0 Å². The minimum Gasteiger partial charge on any atom is -0.345 e. The van der Waals surface area contributed by atoms with Crippen LogP contribution in [0.2, 0.25) is 0 Å². The van der Waals surface area contributed by atoms with E-state index in [-0.39, 0.29) is 17.5 Å². The summed E-state index contributed by atoms with van der Waals surface area (Å²) in [5.41, 5.74) is 1.87. The highest BCUT2D eigenvalue weighted by molar-refractivity contribution is 6.28. The van der Waals surface area contributed by atoms with E-state index < -0.39 is 0 Å². The summed E-state index contributed by atoms with van der Waals surface area (Å²) < 4.78 is 0. The summed E-state index contributed by atoms with van der Waals surface area (Å²) in [6.45, 7) is 0. The van der Waals surface area contributed by atoms with E-state index in [1.807, 2.05) is 0 Å². The highest BCUT2D eigenvalue weighted by Gasteiger charge is 2.29. The molecule has 2 aromatic rings. The number of amides is 1. The van der Waals surface area contributed by atoms with Gasteiger partial charge in [0.2, 0.25) is 0 Å². The Morgan fingerprint density at radius 3 is 1.90 bits per heavy atom. The quantitative estimate of drug-likeness (QED) is 0.686. The van der Waals surface area contributed by atoms with E-state index in [2.05, 4.69) is 0 Å². The van der Waals surface area contributed by atoms with E-state index >= 15 is 0 Å². The van der Waals surface area contributed by atoms with Crippen LogP contribution in [0.4, 0.5) is 0 Å². The van der Waals surface area contributed by atoms with Gasteiger partial charge < -0.3 is 4.90 Å². The van der Waals surface area contributed by atoms with Crippen molar-refractivity contribution in [2.45, 2.75) is 0 Å². The van der Waals surface area contributed by atoms with Crippen molar-refractivity contribution in [3.63, 3.8) is 0 Å². The van der Waals surface area contributed by atoms with Crippen LogP contribution in [-0.4, -0.2) is 36.5 Å². The second-order valence-electron chi connectivity index (χ2n) is 5.16. The number of rotatable bonds is 1. The lowest BCUT2D eigenvalue weighted by Gasteiger charge is -2.18. The van der Waals surface area contributed by atoms with E-state index in [1.165, 1.54) is 11.0 Å². The van der Waals surface area contributed by atoms with Crippen LogP contribution in [-0.2, 0) is 0 Å². The molecule has 104 valence electrons. The summed E-state index contributed by atoms with van der Waals surface area (Å²) in [7, 11) is 3.29. The van der Waals surface area contributed by atoms with Crippen LogP contribution in [0.5, 0.6) is 0 Å². The Hall–Kier alpha value is -2.75. The first kappa shape index (κ1) is 13.2. The molecule has 0 atom stereocenters. The Balaban J connectivity index is 2.17. The Kier molecular flexibility index (Phi) is 2.94. The maximum absolute atomic E-state index is 12.5. The zero-order chi connectivity index (χ0) is 15.1. The SMILES string of the molecule is CN(C)C(=O)c1ccc2c(c1)C(=O)c1ccccc1C2=O. The fourth-order valence-corrected chi connectivity index (χ4v) is 2.49. The van der Waals surface area contributed by atoms with Gasteiger partial charge in [-0.05, 0) is 18.2 Å². The van der Waals surface area contributed by atoms with Crippen LogP contribution in [0.3, 0.4) is 0 Å². The molecule has 0 unspecified atom stereocenters. The second-order valence-corrected chi connectivity index (χ2v) is 5.16. The summed E-state index contributed by atoms with van der Waals surface area (Å²) in [4.78, 5) is 38.4. The van der Waals surface area contributed by atoms with Gasteiger partial charge in [0.05, 0.1) is 0 Å². The first-order valence-corrected chi connectivity index (χ1v) is 6.55. The molecule has 2 aromatic carbocycles. The summed E-state index contributed by atoms with van der Waals surface area (Å²) >= 11 is 0. The predicted molar refractivity (Wildman–Crippen MR) is 77.8 cm³/mol. The van der Waals surface area contributed by atoms with Gasteiger partial charge in [-0.15, -0.1) is 0 Å². The molecule has 0 spiro atoms. The average Bonchev–Trinajstić information content (AvgIpc) is 2.51. The first-order valence-electron chi connectivity index (χ1n) is 6.55. The molecule has 0 radical (unpaired) electrons. The molecule has 0 fully saturated rings. The molecule has 0 heterocycles. The van der Waals surface area contributed by atoms with E-state index in [4.69, 9.17) is 0 Å². The first-order chi connectivity index (χ1) is 10.0. The molecule has 1 aliphatic carbocycles. The Morgan fingerprint density at radius 2 is 1.33 bits per heavy atom. The van der Waals surface area contributed by atoms with Gasteiger partial charge in [-0.1, -0.05) is 24.3 Å². The molecule has 0 aromatic heterocycles. The Labute approximate surface area is 122 Å². The second kappa shape index (κ2) is 4.66. The molecule has 3 rings (SSSR count). The minimum atomic E-state index is -0.214. The van der Waals surface area contributed by atoms with Crippen molar-refractivity contribution in [3.05, 3.63) is 70.3 Å².